The van der Waals surface area contributed by atoms with Crippen LogP contribution in [0.5, 0.6) is 0 Å². The Morgan fingerprint density at radius 2 is 1.57 bits per heavy atom. The maximum absolute atomic E-state index is 11.3. The van der Waals surface area contributed by atoms with E-state index in [1.807, 2.05) is 0 Å². The van der Waals surface area contributed by atoms with Gasteiger partial charge in [-0.15, -0.1) is 0 Å². The van der Waals surface area contributed by atoms with Gasteiger partial charge in [-0.25, -0.2) is 0 Å². The van der Waals surface area contributed by atoms with Gasteiger partial charge in [0.1, 0.15) is 0 Å². The number of carbonyl (C=O) groups excluding carboxylic acids is 1. The standard InChI is InChI=1S/C18H34N4O/c1-20-7-2-3-15(11-20)13-22-8-4-16(14-22)12-21-9-5-17(6-10-21)18(19)23/h15-17H,2-14H2,1H3,(H2,19,23)/t15-,16+/m0/s1. The molecule has 3 aliphatic rings. The zero-order valence-corrected chi connectivity index (χ0v) is 14.8. The average molecular weight is 322 g/mol. The maximum atomic E-state index is 11.3. The molecule has 3 rings (SSSR count). The summed E-state index contributed by atoms with van der Waals surface area (Å²) in [6.07, 6.45) is 6.04. The highest BCUT2D eigenvalue weighted by atomic mass is 16.1. The van der Waals surface area contributed by atoms with Gasteiger partial charge >= 0.3 is 0 Å². The lowest BCUT2D eigenvalue weighted by Crippen LogP contribution is -2.41. The van der Waals surface area contributed by atoms with E-state index in [9.17, 15) is 4.79 Å². The van der Waals surface area contributed by atoms with Gasteiger partial charge in [0.25, 0.3) is 0 Å². The first-order valence-electron chi connectivity index (χ1n) is 9.52. The number of nitrogens with zero attached hydrogens (tertiary/aromatic N) is 3. The molecule has 0 saturated carbocycles. The van der Waals surface area contributed by atoms with Crippen molar-refractivity contribution in [2.24, 2.45) is 23.5 Å². The van der Waals surface area contributed by atoms with Crippen molar-refractivity contribution in [2.45, 2.75) is 32.1 Å². The molecule has 0 radical (unpaired) electrons. The summed E-state index contributed by atoms with van der Waals surface area (Å²) in [4.78, 5) is 19.0. The zero-order chi connectivity index (χ0) is 16.2. The van der Waals surface area contributed by atoms with Gasteiger partial charge in [-0.1, -0.05) is 0 Å². The summed E-state index contributed by atoms with van der Waals surface area (Å²) in [5.41, 5.74) is 5.43. The van der Waals surface area contributed by atoms with Crippen LogP contribution in [0, 0.1) is 17.8 Å². The monoisotopic (exact) mass is 322 g/mol. The lowest BCUT2D eigenvalue weighted by atomic mass is 9.95. The Kier molecular flexibility index (Phi) is 5.94. The molecular weight excluding hydrogens is 288 g/mol. The predicted octanol–water partition coefficient (Wildman–Crippen LogP) is 0.847. The number of primary amides is 1. The van der Waals surface area contributed by atoms with Crippen LogP contribution < -0.4 is 5.73 Å². The normalized spacial score (nSPS) is 32.4. The molecule has 0 spiro atoms. The van der Waals surface area contributed by atoms with E-state index in [-0.39, 0.29) is 11.8 Å². The van der Waals surface area contributed by atoms with E-state index in [4.69, 9.17) is 5.73 Å². The number of amides is 1. The first-order chi connectivity index (χ1) is 11.1. The summed E-state index contributed by atoms with van der Waals surface area (Å²) in [6, 6.07) is 0. The minimum Gasteiger partial charge on any atom is -0.369 e. The van der Waals surface area contributed by atoms with Crippen LogP contribution in [0.15, 0.2) is 0 Å². The van der Waals surface area contributed by atoms with Crippen LogP contribution in [-0.4, -0.2) is 80.0 Å². The molecule has 5 nitrogen and oxygen atoms in total. The number of rotatable bonds is 5. The first-order valence-corrected chi connectivity index (χ1v) is 9.52. The van der Waals surface area contributed by atoms with Crippen molar-refractivity contribution in [3.8, 4) is 0 Å². The summed E-state index contributed by atoms with van der Waals surface area (Å²) in [6.45, 7) is 9.73. The number of carbonyl (C=O) groups is 1. The molecule has 3 fully saturated rings. The van der Waals surface area contributed by atoms with Gasteiger partial charge in [0.2, 0.25) is 5.91 Å². The summed E-state index contributed by atoms with van der Waals surface area (Å²) in [5.74, 6) is 1.71. The minimum absolute atomic E-state index is 0.103. The summed E-state index contributed by atoms with van der Waals surface area (Å²) in [5, 5.41) is 0. The fourth-order valence-electron chi connectivity index (χ4n) is 4.78. The summed E-state index contributed by atoms with van der Waals surface area (Å²) in [7, 11) is 2.26. The van der Waals surface area contributed by atoms with Gasteiger partial charge in [0, 0.05) is 32.1 Å². The molecule has 2 N–H and O–H groups in total. The van der Waals surface area contributed by atoms with Crippen molar-refractivity contribution < 1.29 is 4.79 Å². The van der Waals surface area contributed by atoms with Gasteiger partial charge < -0.3 is 20.4 Å². The van der Waals surface area contributed by atoms with Gasteiger partial charge in [-0.3, -0.25) is 4.79 Å². The van der Waals surface area contributed by atoms with Crippen molar-refractivity contribution in [3.63, 3.8) is 0 Å². The smallest absolute Gasteiger partial charge is 0.220 e. The molecule has 0 aromatic carbocycles. The first kappa shape index (κ1) is 17.2. The predicted molar refractivity (Wildman–Crippen MR) is 93.1 cm³/mol. The molecule has 3 aliphatic heterocycles. The van der Waals surface area contributed by atoms with Crippen LogP contribution in [0.25, 0.3) is 0 Å². The van der Waals surface area contributed by atoms with E-state index in [2.05, 4.69) is 21.7 Å². The van der Waals surface area contributed by atoms with Crippen molar-refractivity contribution >= 4 is 5.91 Å². The Morgan fingerprint density at radius 3 is 2.26 bits per heavy atom. The molecule has 0 unspecified atom stereocenters. The summed E-state index contributed by atoms with van der Waals surface area (Å²) >= 11 is 0. The van der Waals surface area contributed by atoms with Gasteiger partial charge in [-0.05, 0) is 77.2 Å². The van der Waals surface area contributed by atoms with E-state index >= 15 is 0 Å². The Balaban J connectivity index is 1.36. The van der Waals surface area contributed by atoms with E-state index in [0.29, 0.717) is 0 Å². The maximum Gasteiger partial charge on any atom is 0.220 e. The van der Waals surface area contributed by atoms with E-state index in [1.165, 1.54) is 58.5 Å². The molecule has 132 valence electrons. The zero-order valence-electron chi connectivity index (χ0n) is 14.8. The van der Waals surface area contributed by atoms with Crippen LogP contribution in [0.4, 0.5) is 0 Å². The molecule has 2 atom stereocenters. The van der Waals surface area contributed by atoms with Crippen molar-refractivity contribution in [2.75, 3.05) is 59.4 Å². The Labute approximate surface area is 141 Å². The number of likely N-dealkylation sites (tertiary alicyclic amines) is 3. The van der Waals surface area contributed by atoms with E-state index < -0.39 is 0 Å². The fourth-order valence-corrected chi connectivity index (χ4v) is 4.78. The lowest BCUT2D eigenvalue weighted by molar-refractivity contribution is -0.123. The Morgan fingerprint density at radius 1 is 0.913 bits per heavy atom. The SMILES string of the molecule is CN1CCC[C@H](CN2CC[C@H](CN3CCC(C(N)=O)CC3)C2)C1. The second-order valence-electron chi connectivity index (χ2n) is 8.16. The molecule has 1 amide bonds. The highest BCUT2D eigenvalue weighted by Gasteiger charge is 2.29. The molecule has 5 heteroatoms. The third kappa shape index (κ3) is 4.91. The minimum atomic E-state index is -0.103. The quantitative estimate of drug-likeness (QED) is 0.815. The molecule has 0 aromatic heterocycles. The van der Waals surface area contributed by atoms with E-state index in [1.54, 1.807) is 0 Å². The third-order valence-electron chi connectivity index (χ3n) is 6.11. The molecule has 3 heterocycles. The number of piperidine rings is 2. The van der Waals surface area contributed by atoms with Crippen LogP contribution >= 0.6 is 0 Å². The average Bonchev–Trinajstić information content (AvgIpc) is 2.95. The van der Waals surface area contributed by atoms with Crippen molar-refractivity contribution in [1.29, 1.82) is 0 Å². The molecule has 0 aromatic rings. The number of nitrogens with two attached hydrogens (primary N) is 1. The molecule has 23 heavy (non-hydrogen) atoms. The topological polar surface area (TPSA) is 52.8 Å². The molecular formula is C18H34N4O. The van der Waals surface area contributed by atoms with Crippen LogP contribution in [0.1, 0.15) is 32.1 Å². The summed E-state index contributed by atoms with van der Waals surface area (Å²) < 4.78 is 0. The highest BCUT2D eigenvalue weighted by molar-refractivity contribution is 5.76. The largest absolute Gasteiger partial charge is 0.369 e. The van der Waals surface area contributed by atoms with Crippen LogP contribution in [0.3, 0.4) is 0 Å². The van der Waals surface area contributed by atoms with Crippen LogP contribution in [-0.2, 0) is 4.79 Å². The second kappa shape index (κ2) is 7.95. The number of hydrogen-bond donors (Lipinski definition) is 1. The number of hydrogen-bond acceptors (Lipinski definition) is 4. The second-order valence-corrected chi connectivity index (χ2v) is 8.16. The molecule has 0 aliphatic carbocycles. The van der Waals surface area contributed by atoms with Crippen molar-refractivity contribution in [1.82, 2.24) is 14.7 Å². The third-order valence-corrected chi connectivity index (χ3v) is 6.11. The van der Waals surface area contributed by atoms with E-state index in [0.717, 1.165) is 37.8 Å². The highest BCUT2D eigenvalue weighted by Crippen LogP contribution is 2.24. The fraction of sp³-hybridized carbons (Fsp3) is 0.944. The Hall–Kier alpha value is -0.650. The van der Waals surface area contributed by atoms with Crippen LogP contribution in [0.2, 0.25) is 0 Å². The van der Waals surface area contributed by atoms with Gasteiger partial charge in [0.05, 0.1) is 0 Å². The molecule has 0 bridgehead atoms. The van der Waals surface area contributed by atoms with Gasteiger partial charge in [0.15, 0.2) is 0 Å². The van der Waals surface area contributed by atoms with Gasteiger partial charge in [-0.2, -0.15) is 0 Å². The van der Waals surface area contributed by atoms with Crippen molar-refractivity contribution in [3.05, 3.63) is 0 Å². The lowest BCUT2D eigenvalue weighted by Gasteiger charge is -2.33. The Bertz CT molecular complexity index is 394. The molecule has 3 saturated heterocycles.